The molecular weight excluding hydrogens is 228 g/mol. The molecule has 0 radical (unpaired) electrons. The summed E-state index contributed by atoms with van der Waals surface area (Å²) in [6.07, 6.45) is 11.4. The molecule has 5 heteroatoms. The topological polar surface area (TPSA) is 63.8 Å². The maximum Gasteiger partial charge on any atom is 0.262 e. The average Bonchev–Trinajstić information content (AvgIpc) is 2.89. The second-order valence-corrected chi connectivity index (χ2v) is 4.99. The highest BCUT2D eigenvalue weighted by Gasteiger charge is 2.13. The summed E-state index contributed by atoms with van der Waals surface area (Å²) in [5.41, 5.74) is 0.546. The van der Waals surface area contributed by atoms with Crippen molar-refractivity contribution in [1.29, 1.82) is 0 Å². The first kappa shape index (κ1) is 11.4. The summed E-state index contributed by atoms with van der Waals surface area (Å²) in [6.45, 7) is 0.960. The van der Waals surface area contributed by atoms with Crippen LogP contribution in [0.2, 0.25) is 0 Å². The van der Waals surface area contributed by atoms with E-state index in [9.17, 15) is 0 Å². The van der Waals surface area contributed by atoms with Crippen molar-refractivity contribution in [3.63, 3.8) is 0 Å². The van der Waals surface area contributed by atoms with Crippen LogP contribution in [0.4, 0.5) is 5.82 Å². The Bertz CT molecular complexity index is 504. The summed E-state index contributed by atoms with van der Waals surface area (Å²) in [5.74, 6) is 1.71. The molecule has 0 amide bonds. The minimum absolute atomic E-state index is 0.546. The Morgan fingerprint density at radius 3 is 3.00 bits per heavy atom. The highest BCUT2D eigenvalue weighted by molar-refractivity contribution is 5.83. The van der Waals surface area contributed by atoms with Crippen LogP contribution >= 0.6 is 0 Å². The lowest BCUT2D eigenvalue weighted by atomic mass is 9.87. The van der Waals surface area contributed by atoms with Crippen molar-refractivity contribution in [3.05, 3.63) is 12.5 Å². The van der Waals surface area contributed by atoms with E-state index in [1.165, 1.54) is 44.9 Å². The highest BCUT2D eigenvalue weighted by atomic mass is 16.5. The standard InChI is InChI=1S/C13H18N4O/c1-2-4-10(5-3-1)6-7-14-12-11-8-17-18-13(11)16-9-15-12/h8-10H,1-7H2,(H,14,15,16). The predicted molar refractivity (Wildman–Crippen MR) is 69.3 cm³/mol. The van der Waals surface area contributed by atoms with Crippen LogP contribution < -0.4 is 5.32 Å². The summed E-state index contributed by atoms with van der Waals surface area (Å²) in [4.78, 5) is 8.26. The molecule has 1 aliphatic carbocycles. The van der Waals surface area contributed by atoms with E-state index in [1.807, 2.05) is 0 Å². The number of hydrogen-bond donors (Lipinski definition) is 1. The first-order chi connectivity index (χ1) is 8.93. The third kappa shape index (κ3) is 2.44. The Morgan fingerprint density at radius 2 is 2.11 bits per heavy atom. The number of nitrogens with one attached hydrogen (secondary N) is 1. The Hall–Kier alpha value is -1.65. The van der Waals surface area contributed by atoms with Gasteiger partial charge in [-0.1, -0.05) is 37.3 Å². The number of fused-ring (bicyclic) bond motifs is 1. The van der Waals surface area contributed by atoms with Crippen molar-refractivity contribution in [1.82, 2.24) is 15.1 Å². The van der Waals surface area contributed by atoms with Crippen LogP contribution in [0, 0.1) is 5.92 Å². The molecule has 1 fully saturated rings. The molecule has 5 nitrogen and oxygen atoms in total. The van der Waals surface area contributed by atoms with Crippen molar-refractivity contribution in [2.24, 2.45) is 5.92 Å². The number of aromatic nitrogens is 3. The molecule has 2 aromatic rings. The van der Waals surface area contributed by atoms with Crippen LogP contribution in [0.25, 0.3) is 11.1 Å². The van der Waals surface area contributed by atoms with Gasteiger partial charge < -0.3 is 9.84 Å². The second kappa shape index (κ2) is 5.33. The zero-order valence-electron chi connectivity index (χ0n) is 10.4. The van der Waals surface area contributed by atoms with Crippen molar-refractivity contribution < 1.29 is 4.52 Å². The highest BCUT2D eigenvalue weighted by Crippen LogP contribution is 2.26. The van der Waals surface area contributed by atoms with Crippen LogP contribution in [-0.4, -0.2) is 21.7 Å². The molecule has 0 aliphatic heterocycles. The van der Waals surface area contributed by atoms with Gasteiger partial charge in [-0.2, -0.15) is 4.98 Å². The monoisotopic (exact) mass is 246 g/mol. The molecule has 0 spiro atoms. The first-order valence-electron chi connectivity index (χ1n) is 6.73. The molecule has 0 saturated heterocycles. The number of hydrogen-bond acceptors (Lipinski definition) is 5. The normalized spacial score (nSPS) is 17.1. The van der Waals surface area contributed by atoms with Gasteiger partial charge in [0.15, 0.2) is 0 Å². The molecule has 0 atom stereocenters. The third-order valence-corrected chi connectivity index (χ3v) is 3.74. The van der Waals surface area contributed by atoms with Gasteiger partial charge in [-0.25, -0.2) is 4.98 Å². The lowest BCUT2D eigenvalue weighted by Crippen LogP contribution is -2.12. The molecule has 0 aromatic carbocycles. The van der Waals surface area contributed by atoms with Gasteiger partial charge in [0, 0.05) is 6.54 Å². The fourth-order valence-electron chi connectivity index (χ4n) is 2.71. The van der Waals surface area contributed by atoms with Crippen molar-refractivity contribution in [3.8, 4) is 0 Å². The minimum atomic E-state index is 0.546. The summed E-state index contributed by atoms with van der Waals surface area (Å²) in [5, 5.41) is 7.97. The summed E-state index contributed by atoms with van der Waals surface area (Å²) in [7, 11) is 0. The Balaban J connectivity index is 1.57. The van der Waals surface area contributed by atoms with E-state index in [4.69, 9.17) is 4.52 Å². The van der Waals surface area contributed by atoms with Gasteiger partial charge in [0.25, 0.3) is 5.71 Å². The van der Waals surface area contributed by atoms with Gasteiger partial charge in [0.2, 0.25) is 0 Å². The Labute approximate surface area is 106 Å². The van der Waals surface area contributed by atoms with Gasteiger partial charge in [-0.3, -0.25) is 0 Å². The molecular formula is C13H18N4O. The zero-order valence-corrected chi connectivity index (χ0v) is 10.4. The van der Waals surface area contributed by atoms with Crippen molar-refractivity contribution in [2.45, 2.75) is 38.5 Å². The molecule has 2 heterocycles. The second-order valence-electron chi connectivity index (χ2n) is 4.99. The maximum atomic E-state index is 5.01. The molecule has 96 valence electrons. The molecule has 2 aromatic heterocycles. The van der Waals surface area contributed by atoms with Crippen LogP contribution in [-0.2, 0) is 0 Å². The molecule has 1 saturated carbocycles. The molecule has 1 aliphatic rings. The number of nitrogens with zero attached hydrogens (tertiary/aromatic N) is 3. The number of anilines is 1. The average molecular weight is 246 g/mol. The van der Waals surface area contributed by atoms with Crippen LogP contribution in [0.15, 0.2) is 17.0 Å². The van der Waals surface area contributed by atoms with Crippen LogP contribution in [0.3, 0.4) is 0 Å². The van der Waals surface area contributed by atoms with Crippen LogP contribution in [0.1, 0.15) is 38.5 Å². The largest absolute Gasteiger partial charge is 0.369 e. The first-order valence-corrected chi connectivity index (χ1v) is 6.73. The van der Waals surface area contributed by atoms with E-state index < -0.39 is 0 Å². The lowest BCUT2D eigenvalue weighted by molar-refractivity contribution is 0.345. The summed E-state index contributed by atoms with van der Waals surface area (Å²) in [6, 6.07) is 0. The summed E-state index contributed by atoms with van der Waals surface area (Å²) >= 11 is 0. The Kier molecular flexibility index (Phi) is 3.39. The smallest absolute Gasteiger partial charge is 0.262 e. The van der Waals surface area contributed by atoms with E-state index in [1.54, 1.807) is 6.20 Å². The fraction of sp³-hybridized carbons (Fsp3) is 0.615. The van der Waals surface area contributed by atoms with Gasteiger partial charge >= 0.3 is 0 Å². The molecule has 0 bridgehead atoms. The fourth-order valence-corrected chi connectivity index (χ4v) is 2.71. The SMILES string of the molecule is c1nc(NCCC2CCCCC2)c2cnoc2n1. The van der Waals surface area contributed by atoms with E-state index in [0.29, 0.717) is 5.71 Å². The lowest BCUT2D eigenvalue weighted by Gasteiger charge is -2.21. The predicted octanol–water partition coefficient (Wildman–Crippen LogP) is 3.00. The van der Waals surface area contributed by atoms with Gasteiger partial charge in [0.1, 0.15) is 17.5 Å². The molecule has 1 N–H and O–H groups in total. The Morgan fingerprint density at radius 1 is 1.22 bits per heavy atom. The van der Waals surface area contributed by atoms with E-state index in [2.05, 4.69) is 20.4 Å². The van der Waals surface area contributed by atoms with E-state index in [-0.39, 0.29) is 0 Å². The van der Waals surface area contributed by atoms with Gasteiger partial charge in [-0.05, 0) is 12.3 Å². The molecule has 0 unspecified atom stereocenters. The summed E-state index contributed by atoms with van der Waals surface area (Å²) < 4.78 is 5.01. The minimum Gasteiger partial charge on any atom is -0.369 e. The maximum absolute atomic E-state index is 5.01. The van der Waals surface area contributed by atoms with Crippen LogP contribution in [0.5, 0.6) is 0 Å². The van der Waals surface area contributed by atoms with E-state index >= 15 is 0 Å². The molecule has 18 heavy (non-hydrogen) atoms. The van der Waals surface area contributed by atoms with Gasteiger partial charge in [0.05, 0.1) is 6.20 Å². The number of rotatable bonds is 4. The zero-order chi connectivity index (χ0) is 12.2. The van der Waals surface area contributed by atoms with Gasteiger partial charge in [-0.15, -0.1) is 0 Å². The molecule has 3 rings (SSSR count). The third-order valence-electron chi connectivity index (χ3n) is 3.74. The van der Waals surface area contributed by atoms with Crippen molar-refractivity contribution >= 4 is 16.9 Å². The van der Waals surface area contributed by atoms with E-state index in [0.717, 1.165) is 23.7 Å². The quantitative estimate of drug-likeness (QED) is 0.898. The van der Waals surface area contributed by atoms with Crippen molar-refractivity contribution in [2.75, 3.05) is 11.9 Å².